The van der Waals surface area contributed by atoms with Crippen molar-refractivity contribution < 1.29 is 8.78 Å². The van der Waals surface area contributed by atoms with Crippen LogP contribution in [0.1, 0.15) is 5.56 Å². The van der Waals surface area contributed by atoms with Crippen LogP contribution in [0.4, 0.5) is 14.6 Å². The van der Waals surface area contributed by atoms with E-state index in [4.69, 9.17) is 5.26 Å². The topological polar surface area (TPSA) is 43.2 Å². The lowest BCUT2D eigenvalue weighted by Crippen LogP contribution is -2.48. The van der Waals surface area contributed by atoms with Gasteiger partial charge in [-0.2, -0.15) is 5.26 Å². The lowest BCUT2D eigenvalue weighted by atomic mass is 10.2. The molecule has 1 aromatic heterocycles. The highest BCUT2D eigenvalue weighted by molar-refractivity contribution is 5.42. The third-order valence-corrected chi connectivity index (χ3v) is 2.97. The van der Waals surface area contributed by atoms with E-state index in [0.717, 1.165) is 5.82 Å². The summed E-state index contributed by atoms with van der Waals surface area (Å²) in [5.41, 5.74) is 0.523. The first-order valence-corrected chi connectivity index (χ1v) is 5.80. The molecule has 0 unspecified atom stereocenters. The predicted molar refractivity (Wildman–Crippen MR) is 63.6 cm³/mol. The number of aromatic nitrogens is 1. The summed E-state index contributed by atoms with van der Waals surface area (Å²) in [7, 11) is 0. The maximum atomic E-state index is 12.2. The lowest BCUT2D eigenvalue weighted by Gasteiger charge is -2.35. The van der Waals surface area contributed by atoms with Gasteiger partial charge in [0.05, 0.1) is 12.1 Å². The van der Waals surface area contributed by atoms with E-state index in [-0.39, 0.29) is 6.54 Å². The summed E-state index contributed by atoms with van der Waals surface area (Å²) < 4.78 is 24.4. The first-order chi connectivity index (χ1) is 8.69. The molecule has 1 aliphatic heterocycles. The predicted octanol–water partition coefficient (Wildman–Crippen LogP) is 1.34. The highest BCUT2D eigenvalue weighted by Crippen LogP contribution is 2.14. The number of hydrogen-bond acceptors (Lipinski definition) is 4. The van der Waals surface area contributed by atoms with Crippen LogP contribution in [0, 0.1) is 11.3 Å². The average Bonchev–Trinajstić information content (AvgIpc) is 2.39. The van der Waals surface area contributed by atoms with E-state index in [2.05, 4.69) is 4.98 Å². The number of pyridine rings is 1. The molecule has 1 saturated heterocycles. The Kier molecular flexibility index (Phi) is 4.05. The van der Waals surface area contributed by atoms with Gasteiger partial charge >= 0.3 is 0 Å². The molecule has 0 saturated carbocycles. The van der Waals surface area contributed by atoms with Crippen LogP contribution in [0.3, 0.4) is 0 Å². The molecule has 96 valence electrons. The summed E-state index contributed by atoms with van der Waals surface area (Å²) in [6.07, 6.45) is -0.745. The van der Waals surface area contributed by atoms with Gasteiger partial charge in [0.2, 0.25) is 0 Å². The van der Waals surface area contributed by atoms with Gasteiger partial charge in [-0.15, -0.1) is 0 Å². The van der Waals surface area contributed by atoms with Gasteiger partial charge in [-0.05, 0) is 12.1 Å². The Morgan fingerprint density at radius 2 is 2.00 bits per heavy atom. The van der Waals surface area contributed by atoms with Crippen molar-refractivity contribution in [1.29, 1.82) is 5.26 Å². The summed E-state index contributed by atoms with van der Waals surface area (Å²) in [5.74, 6) is 0.797. The Morgan fingerprint density at radius 3 is 2.50 bits per heavy atom. The number of piperazine rings is 1. The van der Waals surface area contributed by atoms with E-state index in [1.807, 2.05) is 11.0 Å². The van der Waals surface area contributed by atoms with Crippen molar-refractivity contribution in [2.75, 3.05) is 37.6 Å². The van der Waals surface area contributed by atoms with Gasteiger partial charge in [0.1, 0.15) is 11.9 Å². The van der Waals surface area contributed by atoms with Gasteiger partial charge < -0.3 is 4.90 Å². The second kappa shape index (κ2) is 5.74. The van der Waals surface area contributed by atoms with Crippen LogP contribution in [0.5, 0.6) is 0 Å². The minimum Gasteiger partial charge on any atom is -0.354 e. The molecule has 1 fully saturated rings. The fourth-order valence-corrected chi connectivity index (χ4v) is 1.99. The van der Waals surface area contributed by atoms with Crippen LogP contribution in [0.2, 0.25) is 0 Å². The zero-order chi connectivity index (χ0) is 13.0. The molecule has 0 bridgehead atoms. The number of hydrogen-bond donors (Lipinski definition) is 0. The van der Waals surface area contributed by atoms with Crippen molar-refractivity contribution in [3.8, 4) is 6.07 Å². The third-order valence-electron chi connectivity index (χ3n) is 2.97. The van der Waals surface area contributed by atoms with Gasteiger partial charge in [-0.25, -0.2) is 13.8 Å². The van der Waals surface area contributed by atoms with E-state index < -0.39 is 6.43 Å². The zero-order valence-corrected chi connectivity index (χ0v) is 9.89. The average molecular weight is 252 g/mol. The quantitative estimate of drug-likeness (QED) is 0.814. The van der Waals surface area contributed by atoms with Gasteiger partial charge in [0, 0.05) is 32.4 Å². The molecule has 0 aromatic carbocycles. The van der Waals surface area contributed by atoms with Crippen LogP contribution in [-0.4, -0.2) is 49.0 Å². The molecule has 0 radical (unpaired) electrons. The van der Waals surface area contributed by atoms with E-state index in [1.54, 1.807) is 17.0 Å². The highest BCUT2D eigenvalue weighted by Gasteiger charge is 2.20. The number of nitriles is 1. The number of anilines is 1. The Hall–Kier alpha value is -1.74. The second-order valence-electron chi connectivity index (χ2n) is 4.20. The van der Waals surface area contributed by atoms with Crippen LogP contribution < -0.4 is 4.90 Å². The molecular weight excluding hydrogens is 238 g/mol. The minimum atomic E-state index is -2.27. The SMILES string of the molecule is N#Cc1ccc(N2CCN(CC(F)F)CC2)nc1. The van der Waals surface area contributed by atoms with Crippen molar-refractivity contribution >= 4 is 5.82 Å². The van der Waals surface area contributed by atoms with E-state index in [1.165, 1.54) is 6.20 Å². The van der Waals surface area contributed by atoms with Gasteiger partial charge in [0.25, 0.3) is 6.43 Å². The molecule has 1 aromatic rings. The van der Waals surface area contributed by atoms with Crippen LogP contribution in [0.25, 0.3) is 0 Å². The molecule has 0 aliphatic carbocycles. The van der Waals surface area contributed by atoms with E-state index in [0.29, 0.717) is 31.7 Å². The summed E-state index contributed by atoms with van der Waals surface area (Å²) in [6.45, 7) is 2.45. The van der Waals surface area contributed by atoms with Crippen LogP contribution >= 0.6 is 0 Å². The fraction of sp³-hybridized carbons (Fsp3) is 0.500. The molecule has 1 aliphatic rings. The Morgan fingerprint density at radius 1 is 1.28 bits per heavy atom. The summed E-state index contributed by atoms with van der Waals surface area (Å²) >= 11 is 0. The number of rotatable bonds is 3. The largest absolute Gasteiger partial charge is 0.354 e. The van der Waals surface area contributed by atoms with E-state index >= 15 is 0 Å². The van der Waals surface area contributed by atoms with Crippen molar-refractivity contribution in [3.05, 3.63) is 23.9 Å². The number of halogens is 2. The summed E-state index contributed by atoms with van der Waals surface area (Å²) in [6, 6.07) is 5.52. The normalized spacial score (nSPS) is 16.9. The molecular formula is C12H14F2N4. The Bertz CT molecular complexity index is 419. The van der Waals surface area contributed by atoms with Crippen molar-refractivity contribution in [3.63, 3.8) is 0 Å². The minimum absolute atomic E-state index is 0.158. The molecule has 0 spiro atoms. The first-order valence-electron chi connectivity index (χ1n) is 5.80. The lowest BCUT2D eigenvalue weighted by molar-refractivity contribution is 0.0854. The van der Waals surface area contributed by atoms with Crippen LogP contribution in [-0.2, 0) is 0 Å². The van der Waals surface area contributed by atoms with Crippen molar-refractivity contribution in [1.82, 2.24) is 9.88 Å². The smallest absolute Gasteiger partial charge is 0.251 e. The van der Waals surface area contributed by atoms with Gasteiger partial charge in [0.15, 0.2) is 0 Å². The number of nitrogens with zero attached hydrogens (tertiary/aromatic N) is 4. The molecule has 0 amide bonds. The first kappa shape index (κ1) is 12.7. The van der Waals surface area contributed by atoms with Crippen molar-refractivity contribution in [2.45, 2.75) is 6.43 Å². The van der Waals surface area contributed by atoms with Gasteiger partial charge in [-0.1, -0.05) is 0 Å². The number of alkyl halides is 2. The maximum Gasteiger partial charge on any atom is 0.251 e. The third kappa shape index (κ3) is 3.14. The molecule has 2 heterocycles. The highest BCUT2D eigenvalue weighted by atomic mass is 19.3. The maximum absolute atomic E-state index is 12.2. The van der Waals surface area contributed by atoms with Crippen molar-refractivity contribution in [2.24, 2.45) is 0 Å². The summed E-state index contributed by atoms with van der Waals surface area (Å²) in [5, 5.41) is 8.68. The summed E-state index contributed by atoms with van der Waals surface area (Å²) in [4.78, 5) is 8.00. The monoisotopic (exact) mass is 252 g/mol. The van der Waals surface area contributed by atoms with Crippen LogP contribution in [0.15, 0.2) is 18.3 Å². The molecule has 4 nitrogen and oxygen atoms in total. The standard InChI is InChI=1S/C12H14F2N4/c13-11(14)9-17-3-5-18(6-4-17)12-2-1-10(7-15)8-16-12/h1-2,8,11H,3-6,9H2. The second-order valence-corrected chi connectivity index (χ2v) is 4.20. The molecule has 6 heteroatoms. The fourth-order valence-electron chi connectivity index (χ4n) is 1.99. The molecule has 18 heavy (non-hydrogen) atoms. The molecule has 0 N–H and O–H groups in total. The van der Waals surface area contributed by atoms with Gasteiger partial charge in [-0.3, -0.25) is 4.90 Å². The molecule has 0 atom stereocenters. The Labute approximate surface area is 104 Å². The zero-order valence-electron chi connectivity index (χ0n) is 9.89. The Balaban J connectivity index is 1.91. The molecule has 2 rings (SSSR count). The van der Waals surface area contributed by atoms with E-state index in [9.17, 15) is 8.78 Å².